The van der Waals surface area contributed by atoms with Crippen molar-refractivity contribution >= 4 is 17.3 Å². The Hall–Kier alpha value is -0.720. The first-order valence-electron chi connectivity index (χ1n) is 3.70. The van der Waals surface area contributed by atoms with Gasteiger partial charge in [-0.25, -0.2) is 0 Å². The van der Waals surface area contributed by atoms with Gasteiger partial charge in [-0.3, -0.25) is 9.35 Å². The van der Waals surface area contributed by atoms with Gasteiger partial charge >= 0.3 is 17.3 Å². The molecule has 0 amide bonds. The van der Waals surface area contributed by atoms with E-state index in [-0.39, 0.29) is 6.10 Å². The number of hydrogen-bond acceptors (Lipinski definition) is 4. The summed E-state index contributed by atoms with van der Waals surface area (Å²) in [6, 6.07) is 0. The molecule has 1 heterocycles. The Labute approximate surface area is 78.2 Å². The molecule has 0 saturated carbocycles. The summed E-state index contributed by atoms with van der Waals surface area (Å²) in [7, 11) is 0. The third-order valence-corrected chi connectivity index (χ3v) is 1.97. The highest BCUT2D eigenvalue weighted by molar-refractivity contribution is 7.74. The number of rotatable bonds is 5. The molecule has 1 fully saturated rings. The molecule has 1 saturated heterocycles. The second-order valence-corrected chi connectivity index (χ2v) is 3.25. The van der Waals surface area contributed by atoms with Gasteiger partial charge in [-0.2, -0.15) is 4.21 Å². The van der Waals surface area contributed by atoms with Crippen molar-refractivity contribution in [2.45, 2.75) is 12.5 Å². The monoisotopic (exact) mass is 206 g/mol. The molecule has 0 radical (unpaired) electrons. The minimum Gasteiger partial charge on any atom is -0.373 e. The van der Waals surface area contributed by atoms with Crippen molar-refractivity contribution in [1.82, 2.24) is 0 Å². The molecule has 0 bridgehead atoms. The van der Waals surface area contributed by atoms with Gasteiger partial charge in [0.05, 0.1) is 18.6 Å². The van der Waals surface area contributed by atoms with Crippen molar-refractivity contribution in [3.8, 4) is 0 Å². The minimum atomic E-state index is -2.55. The van der Waals surface area contributed by atoms with E-state index in [2.05, 4.69) is 10.8 Å². The molecule has 0 aromatic heterocycles. The van der Waals surface area contributed by atoms with Crippen LogP contribution in [0.3, 0.4) is 0 Å². The van der Waals surface area contributed by atoms with Crippen molar-refractivity contribution in [2.24, 2.45) is 5.92 Å². The summed E-state index contributed by atoms with van der Waals surface area (Å²) in [6.07, 6.45) is 1.90. The van der Waals surface area contributed by atoms with Crippen LogP contribution in [-0.2, 0) is 25.1 Å². The van der Waals surface area contributed by atoms with E-state index < -0.39 is 23.2 Å². The Balaban J connectivity index is 2.38. The lowest BCUT2D eigenvalue weighted by molar-refractivity contribution is -0.137. The van der Waals surface area contributed by atoms with Crippen molar-refractivity contribution < 1.29 is 22.5 Å². The molecule has 13 heavy (non-hydrogen) atoms. The molecule has 1 N–H and O–H groups in total. The lowest BCUT2D eigenvalue weighted by Gasteiger charge is -2.06. The van der Waals surface area contributed by atoms with Crippen molar-refractivity contribution in [2.75, 3.05) is 6.61 Å². The summed E-state index contributed by atoms with van der Waals surface area (Å²) in [5.74, 6) is -1.31. The first kappa shape index (κ1) is 10.4. The second kappa shape index (κ2) is 4.50. The first-order chi connectivity index (χ1) is 6.13. The summed E-state index contributed by atoms with van der Waals surface area (Å²) in [4.78, 5) is 11.0. The van der Waals surface area contributed by atoms with Crippen LogP contribution in [0, 0.1) is 5.92 Å². The van der Waals surface area contributed by atoms with Gasteiger partial charge in [0.2, 0.25) is 0 Å². The lowest BCUT2D eigenvalue weighted by atomic mass is 10.0. The van der Waals surface area contributed by atoms with Gasteiger partial charge in [0, 0.05) is 0 Å². The van der Waals surface area contributed by atoms with E-state index in [4.69, 9.17) is 9.29 Å². The van der Waals surface area contributed by atoms with Crippen LogP contribution in [0.5, 0.6) is 0 Å². The Morgan fingerprint density at radius 3 is 2.92 bits per heavy atom. The molecular weight excluding hydrogens is 196 g/mol. The lowest BCUT2D eigenvalue weighted by Crippen LogP contribution is -2.18. The fourth-order valence-electron chi connectivity index (χ4n) is 0.908. The van der Waals surface area contributed by atoms with Crippen molar-refractivity contribution in [3.63, 3.8) is 0 Å². The smallest absolute Gasteiger partial charge is 0.360 e. The normalized spacial score (nSPS) is 24.5. The summed E-state index contributed by atoms with van der Waals surface area (Å²) in [5, 5.41) is 0. The van der Waals surface area contributed by atoms with Crippen LogP contribution in [0.15, 0.2) is 12.7 Å². The zero-order valence-electron chi connectivity index (χ0n) is 6.84. The molecule has 3 atom stereocenters. The third-order valence-electron chi connectivity index (χ3n) is 1.66. The molecule has 3 unspecified atom stereocenters. The van der Waals surface area contributed by atoms with Crippen LogP contribution in [-0.4, -0.2) is 27.4 Å². The van der Waals surface area contributed by atoms with Gasteiger partial charge in [0.15, 0.2) is 0 Å². The fourth-order valence-corrected chi connectivity index (χ4v) is 1.17. The number of ether oxygens (including phenoxy) is 1. The van der Waals surface area contributed by atoms with E-state index in [1.807, 2.05) is 0 Å². The molecule has 1 aliphatic heterocycles. The van der Waals surface area contributed by atoms with Crippen molar-refractivity contribution in [1.29, 1.82) is 0 Å². The maximum absolute atomic E-state index is 11.0. The van der Waals surface area contributed by atoms with Crippen LogP contribution in [0.25, 0.3) is 0 Å². The minimum absolute atomic E-state index is 0.0580. The maximum atomic E-state index is 11.0. The van der Waals surface area contributed by atoms with Gasteiger partial charge in [-0.15, -0.1) is 6.58 Å². The Morgan fingerprint density at radius 1 is 1.92 bits per heavy atom. The molecule has 74 valence electrons. The maximum Gasteiger partial charge on any atom is 0.360 e. The van der Waals surface area contributed by atoms with E-state index in [1.165, 1.54) is 6.08 Å². The summed E-state index contributed by atoms with van der Waals surface area (Å²) < 4.78 is 27.4. The van der Waals surface area contributed by atoms with E-state index in [0.29, 0.717) is 13.0 Å². The van der Waals surface area contributed by atoms with E-state index in [0.717, 1.165) is 0 Å². The van der Waals surface area contributed by atoms with Crippen LogP contribution < -0.4 is 0 Å². The molecule has 0 aliphatic carbocycles. The number of epoxide rings is 1. The third kappa shape index (κ3) is 3.67. The number of carbonyl (C=O) groups is 1. The van der Waals surface area contributed by atoms with Crippen LogP contribution >= 0.6 is 0 Å². The van der Waals surface area contributed by atoms with Gasteiger partial charge in [0.25, 0.3) is 0 Å². The quantitative estimate of drug-likeness (QED) is 0.396. The van der Waals surface area contributed by atoms with Crippen LogP contribution in [0.4, 0.5) is 0 Å². The zero-order valence-corrected chi connectivity index (χ0v) is 7.66. The highest BCUT2D eigenvalue weighted by Crippen LogP contribution is 2.21. The highest BCUT2D eigenvalue weighted by Gasteiger charge is 2.30. The van der Waals surface area contributed by atoms with E-state index >= 15 is 0 Å². The van der Waals surface area contributed by atoms with Gasteiger partial charge in [-0.1, -0.05) is 6.08 Å². The standard InChI is InChI=1S/C7H10O5S/c1-2-5(3-6-4-11-6)7(8)12-13(9)10/h2,5-6H,1,3-4H2,(H,9,10). The number of carbonyl (C=O) groups excluding carboxylic acids is 1. The Morgan fingerprint density at radius 2 is 2.54 bits per heavy atom. The molecule has 6 heteroatoms. The van der Waals surface area contributed by atoms with E-state index in [9.17, 15) is 9.00 Å². The SMILES string of the molecule is C=CC(CC1CO1)C(=O)OS(=O)O. The predicted octanol–water partition coefficient (Wildman–Crippen LogP) is 0.257. The average molecular weight is 206 g/mol. The average Bonchev–Trinajstić information content (AvgIpc) is 2.81. The first-order valence-corrected chi connectivity index (χ1v) is 4.74. The number of hydrogen-bond donors (Lipinski definition) is 1. The highest BCUT2D eigenvalue weighted by atomic mass is 32.2. The molecule has 0 aromatic rings. The molecule has 1 aliphatic rings. The Kier molecular flexibility index (Phi) is 3.58. The van der Waals surface area contributed by atoms with Gasteiger partial charge in [0.1, 0.15) is 0 Å². The second-order valence-electron chi connectivity index (χ2n) is 2.65. The van der Waals surface area contributed by atoms with Crippen molar-refractivity contribution in [3.05, 3.63) is 12.7 Å². The molecule has 0 spiro atoms. The van der Waals surface area contributed by atoms with Gasteiger partial charge in [-0.05, 0) is 6.42 Å². The summed E-state index contributed by atoms with van der Waals surface area (Å²) in [6.45, 7) is 4.06. The summed E-state index contributed by atoms with van der Waals surface area (Å²) in [5.41, 5.74) is 0. The van der Waals surface area contributed by atoms with Gasteiger partial charge < -0.3 is 8.92 Å². The zero-order chi connectivity index (χ0) is 9.84. The largest absolute Gasteiger partial charge is 0.373 e. The van der Waals surface area contributed by atoms with Crippen LogP contribution in [0.1, 0.15) is 6.42 Å². The fraction of sp³-hybridized carbons (Fsp3) is 0.571. The Bertz CT molecular complexity index is 235. The molecule has 1 rings (SSSR count). The molecular formula is C7H10O5S. The predicted molar refractivity (Wildman–Crippen MR) is 44.9 cm³/mol. The topological polar surface area (TPSA) is 76.1 Å². The summed E-state index contributed by atoms with van der Waals surface area (Å²) >= 11 is -2.55. The van der Waals surface area contributed by atoms with Crippen LogP contribution in [0.2, 0.25) is 0 Å². The molecule has 5 nitrogen and oxygen atoms in total. The van der Waals surface area contributed by atoms with E-state index in [1.54, 1.807) is 0 Å². The molecule has 0 aromatic carbocycles.